The summed E-state index contributed by atoms with van der Waals surface area (Å²) in [5, 5.41) is 19.5. The summed E-state index contributed by atoms with van der Waals surface area (Å²) in [7, 11) is 0. The fourth-order valence-corrected chi connectivity index (χ4v) is 2.70. The third-order valence-electron chi connectivity index (χ3n) is 3.10. The van der Waals surface area contributed by atoms with Gasteiger partial charge in [0.15, 0.2) is 12.4 Å². The molecule has 0 aliphatic carbocycles. The molecule has 9 heteroatoms. The third kappa shape index (κ3) is 4.07. The highest BCUT2D eigenvalue weighted by Gasteiger charge is 2.09. The Kier molecular flexibility index (Phi) is 4.71. The van der Waals surface area contributed by atoms with E-state index >= 15 is 0 Å². The van der Waals surface area contributed by atoms with Crippen LogP contribution in [-0.2, 0) is 13.2 Å². The number of benzene rings is 1. The number of anilines is 1. The first-order valence-electron chi connectivity index (χ1n) is 7.08. The molecule has 0 saturated carbocycles. The van der Waals surface area contributed by atoms with Gasteiger partial charge in [-0.05, 0) is 36.8 Å². The molecule has 3 aromatic rings. The molecular formula is C15H14N4O4S. The highest BCUT2D eigenvalue weighted by molar-refractivity contribution is 7.13. The van der Waals surface area contributed by atoms with Crippen LogP contribution in [0.5, 0.6) is 5.75 Å². The summed E-state index contributed by atoms with van der Waals surface area (Å²) in [4.78, 5) is 14.3. The lowest BCUT2D eigenvalue weighted by Gasteiger charge is -2.07. The molecule has 0 bridgehead atoms. The number of hydrogen-bond acceptors (Lipinski definition) is 8. The third-order valence-corrected chi connectivity index (χ3v) is 4.03. The Hall–Kier alpha value is -2.94. The van der Waals surface area contributed by atoms with Crippen molar-refractivity contribution in [1.82, 2.24) is 10.1 Å². The second-order valence-electron chi connectivity index (χ2n) is 4.95. The molecular weight excluding hydrogens is 332 g/mol. The van der Waals surface area contributed by atoms with Crippen molar-refractivity contribution in [3.63, 3.8) is 0 Å². The van der Waals surface area contributed by atoms with Crippen molar-refractivity contribution in [3.8, 4) is 5.75 Å². The van der Waals surface area contributed by atoms with Crippen molar-refractivity contribution in [2.24, 2.45) is 0 Å². The summed E-state index contributed by atoms with van der Waals surface area (Å²) < 4.78 is 10.5. The zero-order valence-corrected chi connectivity index (χ0v) is 13.6. The summed E-state index contributed by atoms with van der Waals surface area (Å²) in [6.07, 6.45) is 0. The highest BCUT2D eigenvalue weighted by Crippen LogP contribution is 2.23. The average molecular weight is 346 g/mol. The number of hydrogen-bond donors (Lipinski definition) is 1. The van der Waals surface area contributed by atoms with Gasteiger partial charge in [0.2, 0.25) is 0 Å². The minimum Gasteiger partial charge on any atom is -0.484 e. The fraction of sp³-hybridized carbons (Fsp3) is 0.200. The monoisotopic (exact) mass is 346 g/mol. The fourth-order valence-electron chi connectivity index (χ4n) is 1.97. The Morgan fingerprint density at radius 2 is 2.17 bits per heavy atom. The maximum absolute atomic E-state index is 10.7. The summed E-state index contributed by atoms with van der Waals surface area (Å²) in [6.45, 7) is 2.48. The molecule has 8 nitrogen and oxygen atoms in total. The normalized spacial score (nSPS) is 10.5. The Morgan fingerprint density at radius 1 is 1.38 bits per heavy atom. The summed E-state index contributed by atoms with van der Waals surface area (Å²) >= 11 is 1.12. The van der Waals surface area contributed by atoms with Crippen LogP contribution >= 0.6 is 11.3 Å². The summed E-state index contributed by atoms with van der Waals surface area (Å²) in [5.41, 5.74) is 1.77. The smallest absolute Gasteiger partial charge is 0.324 e. The maximum Gasteiger partial charge on any atom is 0.324 e. The van der Waals surface area contributed by atoms with E-state index in [1.165, 1.54) is 0 Å². The lowest BCUT2D eigenvalue weighted by molar-refractivity contribution is -0.380. The number of nitrogens with zero attached hydrogens (tertiary/aromatic N) is 3. The van der Waals surface area contributed by atoms with Crippen LogP contribution in [0.1, 0.15) is 17.3 Å². The van der Waals surface area contributed by atoms with Gasteiger partial charge < -0.3 is 14.6 Å². The van der Waals surface area contributed by atoms with E-state index < -0.39 is 0 Å². The molecule has 0 saturated heterocycles. The highest BCUT2D eigenvalue weighted by atomic mass is 32.1. The second kappa shape index (κ2) is 7.09. The molecule has 124 valence electrons. The van der Waals surface area contributed by atoms with Gasteiger partial charge in [-0.3, -0.25) is 10.1 Å². The van der Waals surface area contributed by atoms with Crippen LogP contribution < -0.4 is 10.1 Å². The van der Waals surface area contributed by atoms with Gasteiger partial charge >= 0.3 is 5.00 Å². The van der Waals surface area contributed by atoms with E-state index in [1.807, 2.05) is 24.3 Å². The standard InChI is InChI=1S/C15H14N4O4S/c1-10-17-14(23-18-10)8-22-13-4-2-12(3-5-13)16-7-11-6-15(19(20)21)24-9-11/h2-6,9,16H,7-8H2,1H3. The Bertz CT molecular complexity index is 828. The SMILES string of the molecule is Cc1noc(COc2ccc(NCc3csc([N+](=O)[O-])c3)cc2)n1. The van der Waals surface area contributed by atoms with Gasteiger partial charge in [-0.15, -0.1) is 0 Å². The van der Waals surface area contributed by atoms with Gasteiger partial charge in [-0.1, -0.05) is 16.5 Å². The van der Waals surface area contributed by atoms with E-state index in [2.05, 4.69) is 15.5 Å². The van der Waals surface area contributed by atoms with Crippen molar-refractivity contribution in [1.29, 1.82) is 0 Å². The van der Waals surface area contributed by atoms with Crippen LogP contribution in [0.2, 0.25) is 0 Å². The number of aryl methyl sites for hydroxylation is 1. The van der Waals surface area contributed by atoms with Crippen LogP contribution in [0.4, 0.5) is 10.7 Å². The Morgan fingerprint density at radius 3 is 2.79 bits per heavy atom. The zero-order chi connectivity index (χ0) is 16.9. The predicted octanol–water partition coefficient (Wildman–Crippen LogP) is 3.54. The topological polar surface area (TPSA) is 103 Å². The number of thiophene rings is 1. The first-order valence-corrected chi connectivity index (χ1v) is 7.96. The molecule has 1 N–H and O–H groups in total. The van der Waals surface area contributed by atoms with Crippen molar-refractivity contribution in [3.05, 3.63) is 63.1 Å². The van der Waals surface area contributed by atoms with Gasteiger partial charge in [0.1, 0.15) is 5.75 Å². The molecule has 0 aliphatic rings. The molecule has 0 unspecified atom stereocenters. The van der Waals surface area contributed by atoms with Gasteiger partial charge in [0.05, 0.1) is 4.92 Å². The molecule has 3 rings (SSSR count). The molecule has 2 aromatic heterocycles. The molecule has 0 amide bonds. The van der Waals surface area contributed by atoms with E-state index in [4.69, 9.17) is 9.26 Å². The van der Waals surface area contributed by atoms with Crippen molar-refractivity contribution in [2.45, 2.75) is 20.1 Å². The van der Waals surface area contributed by atoms with E-state index in [9.17, 15) is 10.1 Å². The minimum atomic E-state index is -0.384. The molecule has 24 heavy (non-hydrogen) atoms. The number of ether oxygens (including phenoxy) is 1. The molecule has 0 radical (unpaired) electrons. The quantitative estimate of drug-likeness (QED) is 0.515. The van der Waals surface area contributed by atoms with Crippen molar-refractivity contribution >= 4 is 22.0 Å². The van der Waals surface area contributed by atoms with Gasteiger partial charge in [-0.2, -0.15) is 4.98 Å². The van der Waals surface area contributed by atoms with Gasteiger partial charge in [0.25, 0.3) is 5.89 Å². The van der Waals surface area contributed by atoms with Gasteiger partial charge in [-0.25, -0.2) is 0 Å². The van der Waals surface area contributed by atoms with E-state index in [0.29, 0.717) is 24.0 Å². The number of rotatable bonds is 7. The minimum absolute atomic E-state index is 0.145. The van der Waals surface area contributed by atoms with E-state index in [0.717, 1.165) is 22.6 Å². The predicted molar refractivity (Wildman–Crippen MR) is 88.1 cm³/mol. The lowest BCUT2D eigenvalue weighted by atomic mass is 10.2. The first kappa shape index (κ1) is 15.9. The first-order chi connectivity index (χ1) is 11.6. The van der Waals surface area contributed by atoms with Crippen LogP contribution in [-0.4, -0.2) is 15.1 Å². The second-order valence-corrected chi connectivity index (χ2v) is 5.84. The van der Waals surface area contributed by atoms with Crippen LogP contribution in [0.15, 0.2) is 40.2 Å². The molecule has 0 atom stereocenters. The van der Waals surface area contributed by atoms with Crippen molar-refractivity contribution in [2.75, 3.05) is 5.32 Å². The van der Waals surface area contributed by atoms with Crippen LogP contribution in [0.25, 0.3) is 0 Å². The average Bonchev–Trinajstić information content (AvgIpc) is 3.21. The van der Waals surface area contributed by atoms with E-state index in [-0.39, 0.29) is 16.5 Å². The lowest BCUT2D eigenvalue weighted by Crippen LogP contribution is -1.99. The van der Waals surface area contributed by atoms with Crippen molar-refractivity contribution < 1.29 is 14.2 Å². The summed E-state index contributed by atoms with van der Waals surface area (Å²) in [6, 6.07) is 8.95. The molecule has 1 aromatic carbocycles. The van der Waals surface area contributed by atoms with Gasteiger partial charge in [0, 0.05) is 23.7 Å². The van der Waals surface area contributed by atoms with E-state index in [1.54, 1.807) is 18.4 Å². The summed E-state index contributed by atoms with van der Waals surface area (Å²) in [5.74, 6) is 1.68. The number of aromatic nitrogens is 2. The Balaban J connectivity index is 1.51. The molecule has 0 fully saturated rings. The Labute approximate surface area is 141 Å². The largest absolute Gasteiger partial charge is 0.484 e. The number of nitrogens with one attached hydrogen (secondary N) is 1. The molecule has 0 aliphatic heterocycles. The van der Waals surface area contributed by atoms with Crippen LogP contribution in [0, 0.1) is 17.0 Å². The molecule has 2 heterocycles. The zero-order valence-electron chi connectivity index (χ0n) is 12.8. The maximum atomic E-state index is 10.7. The molecule has 0 spiro atoms. The van der Waals surface area contributed by atoms with Crippen LogP contribution in [0.3, 0.4) is 0 Å². The number of nitro groups is 1.